The highest BCUT2D eigenvalue weighted by atomic mass is 16.6. The van der Waals surface area contributed by atoms with Gasteiger partial charge in [0.15, 0.2) is 5.78 Å². The van der Waals surface area contributed by atoms with Crippen LogP contribution < -0.4 is 16.8 Å². The molecule has 1 unspecified atom stereocenters. The van der Waals surface area contributed by atoms with Crippen molar-refractivity contribution in [2.75, 3.05) is 27.9 Å². The van der Waals surface area contributed by atoms with E-state index in [0.29, 0.717) is 62.5 Å². The number of nitrogens with two attached hydrogens (primary N) is 2. The zero-order valence-electron chi connectivity index (χ0n) is 41.7. The molecule has 3 fully saturated rings. The number of methoxy groups -OCH3 is 3. The largest absolute Gasteiger partial charge is 0.459 e. The van der Waals surface area contributed by atoms with Gasteiger partial charge in [-0.3, -0.25) is 19.2 Å². The SMILES string of the molecule is COC(=O)NC1C[C@@H]2CC[C@@H](C)[C@@](O)(O2)C(=O)C(=O)N2CCCC[C@H]2C(=O)O[C@H]([C@H](N)C[C@@H]2CC[C@H](N)[C@H](OC)C2)CC(=O)[C@H](C)/C=C(\C)[C@@H](O)[C@@H](OC)C(=O)[C@H](C)C[C@H](C)/C=C/C=C/C=C/1C. The topological polar surface area (TPSA) is 256 Å². The molecule has 17 nitrogen and oxygen atoms in total. The zero-order chi connectivity index (χ0) is 50.5. The van der Waals surface area contributed by atoms with Gasteiger partial charge in [0.05, 0.1) is 25.4 Å². The van der Waals surface area contributed by atoms with Crippen LogP contribution in [0, 0.1) is 29.6 Å². The number of rotatable bonds is 6. The monoisotopic (exact) mass is 957 g/mol. The van der Waals surface area contributed by atoms with E-state index < -0.39 is 89.8 Å². The first kappa shape index (κ1) is 56.5. The summed E-state index contributed by atoms with van der Waals surface area (Å²) in [6.07, 6.45) is 10.0. The Morgan fingerprint density at radius 1 is 0.926 bits per heavy atom. The Balaban J connectivity index is 1.73. The van der Waals surface area contributed by atoms with Crippen LogP contribution >= 0.6 is 0 Å². The van der Waals surface area contributed by atoms with Gasteiger partial charge < -0.3 is 55.6 Å². The fourth-order valence-electron chi connectivity index (χ4n) is 10.1. The molecule has 68 heavy (non-hydrogen) atoms. The molecule has 0 aromatic carbocycles. The molecule has 0 radical (unpaired) electrons. The summed E-state index contributed by atoms with van der Waals surface area (Å²) in [6.45, 7) is 10.5. The molecule has 2 bridgehead atoms. The van der Waals surface area contributed by atoms with Crippen LogP contribution in [0.4, 0.5) is 4.79 Å². The minimum Gasteiger partial charge on any atom is -0.459 e. The second-order valence-corrected chi connectivity index (χ2v) is 19.8. The average Bonchev–Trinajstić information content (AvgIpc) is 3.31. The number of amides is 2. The van der Waals surface area contributed by atoms with Crippen LogP contribution in [-0.4, -0.2) is 139 Å². The highest BCUT2D eigenvalue weighted by Gasteiger charge is 2.53. The maximum absolute atomic E-state index is 14.4. The number of hydrogen-bond donors (Lipinski definition) is 5. The number of hydrogen-bond acceptors (Lipinski definition) is 15. The van der Waals surface area contributed by atoms with Crippen LogP contribution in [0.5, 0.6) is 0 Å². The van der Waals surface area contributed by atoms with E-state index in [1.54, 1.807) is 53.0 Å². The second kappa shape index (κ2) is 26.2. The van der Waals surface area contributed by atoms with Gasteiger partial charge in [0.2, 0.25) is 5.79 Å². The molecule has 4 aliphatic rings. The van der Waals surface area contributed by atoms with E-state index in [2.05, 4.69) is 5.32 Å². The Kier molecular flexibility index (Phi) is 21.8. The van der Waals surface area contributed by atoms with Gasteiger partial charge in [0.1, 0.15) is 30.1 Å². The van der Waals surface area contributed by atoms with E-state index in [4.69, 9.17) is 35.2 Å². The predicted molar refractivity (Wildman–Crippen MR) is 254 cm³/mol. The molecule has 1 aliphatic carbocycles. The zero-order valence-corrected chi connectivity index (χ0v) is 41.7. The van der Waals surface area contributed by atoms with Gasteiger partial charge in [-0.1, -0.05) is 69.7 Å². The van der Waals surface area contributed by atoms with Crippen molar-refractivity contribution >= 4 is 35.3 Å². The third-order valence-electron chi connectivity index (χ3n) is 14.6. The first-order chi connectivity index (χ1) is 32.1. The number of ketones is 3. The van der Waals surface area contributed by atoms with E-state index in [0.717, 1.165) is 11.3 Å². The molecule has 3 aliphatic heterocycles. The summed E-state index contributed by atoms with van der Waals surface area (Å²) < 4.78 is 28.4. The highest BCUT2D eigenvalue weighted by Crippen LogP contribution is 2.37. The molecule has 0 aromatic heterocycles. The van der Waals surface area contributed by atoms with Gasteiger partial charge in [-0.05, 0) is 102 Å². The minimum absolute atomic E-state index is 0.0263. The number of cyclic esters (lactones) is 1. The van der Waals surface area contributed by atoms with E-state index in [1.165, 1.54) is 14.2 Å². The summed E-state index contributed by atoms with van der Waals surface area (Å²) >= 11 is 0. The molecule has 1 saturated carbocycles. The first-order valence-electron chi connectivity index (χ1n) is 24.5. The average molecular weight is 957 g/mol. The molecular weight excluding hydrogens is 877 g/mol. The van der Waals surface area contributed by atoms with Crippen molar-refractivity contribution in [2.45, 2.75) is 179 Å². The lowest BCUT2D eigenvalue weighted by Crippen LogP contribution is -2.61. The Hall–Kier alpha value is -4.10. The Labute approximate surface area is 402 Å². The number of piperidine rings is 1. The first-order valence-corrected chi connectivity index (χ1v) is 24.5. The van der Waals surface area contributed by atoms with Crippen molar-refractivity contribution in [1.82, 2.24) is 10.2 Å². The van der Waals surface area contributed by atoms with Crippen LogP contribution in [0.3, 0.4) is 0 Å². The van der Waals surface area contributed by atoms with Crippen LogP contribution in [0.1, 0.15) is 119 Å². The number of nitrogens with one attached hydrogen (secondary N) is 1. The summed E-state index contributed by atoms with van der Waals surface area (Å²) in [7, 11) is 4.20. The summed E-state index contributed by atoms with van der Waals surface area (Å²) in [5.41, 5.74) is 14.2. The number of aliphatic hydroxyl groups is 2. The molecule has 2 amide bonds. The minimum atomic E-state index is -2.54. The standard InChI is InChI=1S/C51H80N4O13/c1-29-15-11-10-12-16-30(2)39(54-50(62)66-9)27-36-20-18-34(6)51(63,68-36)47(59)48(60)55-22-14-13-17-40(55)49(61)67-43(38(53)25-35-19-21-37(52)42(26-35)64-7)28-41(56)31(3)24-33(5)45(58)46(65-8)44(57)32(4)23-29/h10-12,15-16,24,29,31-32,34-40,42-43,45-46,58,63H,13-14,17-23,25-28,52-53H2,1-9H3,(H,54,62)/b12-10+,15-11+,30-16+,33-24+/t29-,31-,32-,34-,35+,36+,37+,38-,39?,40+,42-,43+,45-,46+,51-/m1/s1. The lowest BCUT2D eigenvalue weighted by molar-refractivity contribution is -0.264. The molecular formula is C51H80N4O13. The fourth-order valence-corrected chi connectivity index (χ4v) is 10.1. The van der Waals surface area contributed by atoms with Gasteiger partial charge in [0, 0.05) is 57.0 Å². The lowest BCUT2D eigenvalue weighted by Gasteiger charge is -2.43. The predicted octanol–water partition coefficient (Wildman–Crippen LogP) is 4.55. The number of ether oxygens (including phenoxy) is 5. The van der Waals surface area contributed by atoms with Crippen LogP contribution in [0.15, 0.2) is 47.6 Å². The molecule has 0 spiro atoms. The highest BCUT2D eigenvalue weighted by molar-refractivity contribution is 6.39. The third-order valence-corrected chi connectivity index (χ3v) is 14.6. The number of alkyl carbamates (subject to hydrolysis) is 1. The van der Waals surface area contributed by atoms with Crippen molar-refractivity contribution in [1.29, 1.82) is 0 Å². The van der Waals surface area contributed by atoms with E-state index in [9.17, 15) is 39.0 Å². The lowest BCUT2D eigenvalue weighted by atomic mass is 9.79. The van der Waals surface area contributed by atoms with Gasteiger partial charge in [-0.2, -0.15) is 0 Å². The molecule has 7 N–H and O–H groups in total. The van der Waals surface area contributed by atoms with E-state index in [1.807, 2.05) is 32.1 Å². The van der Waals surface area contributed by atoms with Gasteiger partial charge in [-0.25, -0.2) is 9.59 Å². The van der Waals surface area contributed by atoms with Crippen LogP contribution in [0.2, 0.25) is 0 Å². The normalized spacial score (nSPS) is 39.0. The number of nitrogens with zero attached hydrogens (tertiary/aromatic N) is 1. The van der Waals surface area contributed by atoms with E-state index in [-0.39, 0.29) is 61.4 Å². The summed E-state index contributed by atoms with van der Waals surface area (Å²) in [5.74, 6) is -8.42. The number of Topliss-reactive ketones (excluding diaryl/α,β-unsaturated/α-hetero) is 3. The fraction of sp³-hybridized carbons (Fsp3) is 0.725. The molecule has 17 heteroatoms. The van der Waals surface area contributed by atoms with Crippen molar-refractivity contribution < 1.29 is 62.7 Å². The maximum atomic E-state index is 14.4. The number of carbonyl (C=O) groups is 6. The molecule has 15 atom stereocenters. The number of carbonyl (C=O) groups excluding carboxylic acids is 6. The smallest absolute Gasteiger partial charge is 0.407 e. The van der Waals surface area contributed by atoms with Crippen molar-refractivity contribution in [3.05, 3.63) is 47.6 Å². The Morgan fingerprint density at radius 3 is 2.32 bits per heavy atom. The van der Waals surface area contributed by atoms with Crippen LogP contribution in [0.25, 0.3) is 0 Å². The Bertz CT molecular complexity index is 1880. The van der Waals surface area contributed by atoms with Crippen molar-refractivity contribution in [3.63, 3.8) is 0 Å². The molecule has 3 heterocycles. The third kappa shape index (κ3) is 15.0. The van der Waals surface area contributed by atoms with Gasteiger partial charge in [0.25, 0.3) is 11.7 Å². The molecule has 382 valence electrons. The van der Waals surface area contributed by atoms with E-state index >= 15 is 0 Å². The number of esters is 1. The molecule has 2 saturated heterocycles. The van der Waals surface area contributed by atoms with Crippen molar-refractivity contribution in [3.8, 4) is 0 Å². The van der Waals surface area contributed by atoms with Gasteiger partial charge >= 0.3 is 12.1 Å². The summed E-state index contributed by atoms with van der Waals surface area (Å²) in [6, 6.07) is -2.84. The second-order valence-electron chi connectivity index (χ2n) is 19.8. The Morgan fingerprint density at radius 2 is 1.65 bits per heavy atom. The summed E-state index contributed by atoms with van der Waals surface area (Å²) in [4.78, 5) is 84.4. The van der Waals surface area contributed by atoms with Gasteiger partial charge in [-0.15, -0.1) is 0 Å². The maximum Gasteiger partial charge on any atom is 0.407 e. The number of fused-ring (bicyclic) bond motifs is 3. The number of aliphatic hydroxyl groups excluding tert-OH is 1. The summed E-state index contributed by atoms with van der Waals surface area (Å²) in [5, 5.41) is 26.3. The van der Waals surface area contributed by atoms with Crippen molar-refractivity contribution in [2.24, 2.45) is 41.1 Å². The number of allylic oxidation sites excluding steroid dienone is 6. The molecule has 4 rings (SSSR count). The molecule has 0 aromatic rings. The quantitative estimate of drug-likeness (QED) is 0.139. The van der Waals surface area contributed by atoms with Crippen LogP contribution in [-0.2, 0) is 47.7 Å².